The Morgan fingerprint density at radius 2 is 1.92 bits per heavy atom. The van der Waals surface area contributed by atoms with Gasteiger partial charge in [-0.2, -0.15) is 5.10 Å². The molecule has 4 nitrogen and oxygen atoms in total. The summed E-state index contributed by atoms with van der Waals surface area (Å²) in [4.78, 5) is 11.8. The Balaban J connectivity index is 1.73. The van der Waals surface area contributed by atoms with E-state index < -0.39 is 0 Å². The minimum Gasteiger partial charge on any atom is -0.492 e. The van der Waals surface area contributed by atoms with Gasteiger partial charge >= 0.3 is 0 Å². The second-order valence-electron chi connectivity index (χ2n) is 5.27. The molecule has 2 aromatic carbocycles. The maximum absolute atomic E-state index is 11.8. The first-order valence-electron chi connectivity index (χ1n) is 7.62. The second-order valence-corrected chi connectivity index (χ2v) is 7.03. The molecule has 7 heteroatoms. The minimum absolute atomic E-state index is 0.165. The van der Waals surface area contributed by atoms with Crippen LogP contribution in [0, 0.1) is 0 Å². The molecule has 0 bridgehead atoms. The fraction of sp³-hybridized carbons (Fsp3) is 0.222. The number of rotatable bonds is 7. The van der Waals surface area contributed by atoms with Gasteiger partial charge < -0.3 is 4.74 Å². The lowest BCUT2D eigenvalue weighted by molar-refractivity contribution is -0.121. The molecule has 0 aliphatic carbocycles. The molecule has 0 aliphatic heterocycles. The Kier molecular flexibility index (Phi) is 7.75. The molecule has 0 fully saturated rings. The molecular weight excluding hydrogens is 427 g/mol. The SMILES string of the molecule is C/C(=N\NC(=O)CCCOc1ccc(Cl)cc1Cl)c1ccc(Br)cc1. The summed E-state index contributed by atoms with van der Waals surface area (Å²) in [5.41, 5.74) is 4.24. The molecule has 25 heavy (non-hydrogen) atoms. The Labute approximate surface area is 165 Å². The molecule has 0 aromatic heterocycles. The number of carbonyl (C=O) groups excluding carboxylic acids is 1. The highest BCUT2D eigenvalue weighted by Gasteiger charge is 2.05. The number of carbonyl (C=O) groups is 1. The number of hydrogen-bond donors (Lipinski definition) is 1. The van der Waals surface area contributed by atoms with Gasteiger partial charge in [-0.25, -0.2) is 5.43 Å². The van der Waals surface area contributed by atoms with Gasteiger partial charge in [0.05, 0.1) is 17.3 Å². The van der Waals surface area contributed by atoms with Crippen LogP contribution in [0.2, 0.25) is 10.0 Å². The summed E-state index contributed by atoms with van der Waals surface area (Å²) in [7, 11) is 0. The molecule has 0 unspecified atom stereocenters. The number of benzene rings is 2. The smallest absolute Gasteiger partial charge is 0.240 e. The molecule has 2 rings (SSSR count). The molecule has 0 radical (unpaired) electrons. The zero-order valence-electron chi connectivity index (χ0n) is 13.6. The molecule has 0 saturated heterocycles. The van der Waals surface area contributed by atoms with E-state index >= 15 is 0 Å². The first kappa shape index (κ1) is 19.8. The van der Waals surface area contributed by atoms with Gasteiger partial charge in [-0.15, -0.1) is 0 Å². The number of hydrazone groups is 1. The number of nitrogens with one attached hydrogen (secondary N) is 1. The molecule has 1 N–H and O–H groups in total. The van der Waals surface area contributed by atoms with E-state index in [0.29, 0.717) is 35.2 Å². The zero-order valence-corrected chi connectivity index (χ0v) is 16.7. The van der Waals surface area contributed by atoms with E-state index in [1.165, 1.54) is 0 Å². The summed E-state index contributed by atoms with van der Waals surface area (Å²) in [5, 5.41) is 5.11. The van der Waals surface area contributed by atoms with Crippen molar-refractivity contribution in [3.63, 3.8) is 0 Å². The maximum Gasteiger partial charge on any atom is 0.240 e. The molecular formula is C18H17BrCl2N2O2. The number of nitrogens with zero attached hydrogens (tertiary/aromatic N) is 1. The average molecular weight is 444 g/mol. The Morgan fingerprint density at radius 1 is 1.20 bits per heavy atom. The number of amides is 1. The van der Waals surface area contributed by atoms with Gasteiger partial charge in [0.1, 0.15) is 5.75 Å². The van der Waals surface area contributed by atoms with Crippen LogP contribution < -0.4 is 10.2 Å². The topological polar surface area (TPSA) is 50.7 Å². The average Bonchev–Trinajstić information content (AvgIpc) is 2.58. The number of hydrogen-bond acceptors (Lipinski definition) is 3. The summed E-state index contributed by atoms with van der Waals surface area (Å²) < 4.78 is 6.53. The second kappa shape index (κ2) is 9.80. The van der Waals surface area contributed by atoms with Crippen molar-refractivity contribution in [1.29, 1.82) is 0 Å². The Hall–Kier alpha value is -1.56. The van der Waals surface area contributed by atoms with E-state index in [-0.39, 0.29) is 5.91 Å². The van der Waals surface area contributed by atoms with Gasteiger partial charge in [-0.3, -0.25) is 4.79 Å². The lowest BCUT2D eigenvalue weighted by Gasteiger charge is -2.08. The lowest BCUT2D eigenvalue weighted by Crippen LogP contribution is -2.19. The lowest BCUT2D eigenvalue weighted by atomic mass is 10.1. The van der Waals surface area contributed by atoms with Crippen molar-refractivity contribution in [3.05, 3.63) is 62.5 Å². The van der Waals surface area contributed by atoms with E-state index in [1.54, 1.807) is 18.2 Å². The van der Waals surface area contributed by atoms with Crippen molar-refractivity contribution in [1.82, 2.24) is 5.43 Å². The molecule has 0 atom stereocenters. The van der Waals surface area contributed by atoms with Gasteiger partial charge in [0.25, 0.3) is 0 Å². The third kappa shape index (κ3) is 6.69. The van der Waals surface area contributed by atoms with Crippen molar-refractivity contribution in [2.45, 2.75) is 19.8 Å². The van der Waals surface area contributed by atoms with E-state index in [4.69, 9.17) is 27.9 Å². The predicted molar refractivity (Wildman–Crippen MR) is 106 cm³/mol. The van der Waals surface area contributed by atoms with Crippen LogP contribution >= 0.6 is 39.1 Å². The first-order valence-corrected chi connectivity index (χ1v) is 9.17. The third-order valence-corrected chi connectivity index (χ3v) is 4.37. The zero-order chi connectivity index (χ0) is 18.2. The Bertz CT molecular complexity index is 764. The number of halogens is 3. The van der Waals surface area contributed by atoms with Crippen LogP contribution in [-0.2, 0) is 4.79 Å². The Morgan fingerprint density at radius 3 is 2.60 bits per heavy atom. The first-order chi connectivity index (χ1) is 12.0. The van der Waals surface area contributed by atoms with Gasteiger partial charge in [-0.1, -0.05) is 51.3 Å². The highest BCUT2D eigenvalue weighted by atomic mass is 79.9. The van der Waals surface area contributed by atoms with Gasteiger partial charge in [0.2, 0.25) is 5.91 Å². The molecule has 132 valence electrons. The summed E-state index contributed by atoms with van der Waals surface area (Å²) in [6.45, 7) is 2.22. The van der Waals surface area contributed by atoms with Crippen LogP contribution in [-0.4, -0.2) is 18.2 Å². The predicted octanol–water partition coefficient (Wildman–Crippen LogP) is 5.46. The van der Waals surface area contributed by atoms with Crippen molar-refractivity contribution in [2.24, 2.45) is 5.10 Å². The summed E-state index contributed by atoms with van der Waals surface area (Å²) in [6, 6.07) is 12.7. The van der Waals surface area contributed by atoms with Crippen LogP contribution in [0.1, 0.15) is 25.3 Å². The molecule has 0 saturated carbocycles. The summed E-state index contributed by atoms with van der Waals surface area (Å²) >= 11 is 15.2. The molecule has 1 amide bonds. The van der Waals surface area contributed by atoms with Crippen LogP contribution in [0.5, 0.6) is 5.75 Å². The van der Waals surface area contributed by atoms with E-state index in [2.05, 4.69) is 26.5 Å². The molecule has 0 aliphatic rings. The van der Waals surface area contributed by atoms with E-state index in [1.807, 2.05) is 31.2 Å². The van der Waals surface area contributed by atoms with E-state index in [9.17, 15) is 4.79 Å². The van der Waals surface area contributed by atoms with E-state index in [0.717, 1.165) is 15.7 Å². The minimum atomic E-state index is -0.165. The van der Waals surface area contributed by atoms with Crippen molar-refractivity contribution < 1.29 is 9.53 Å². The molecule has 2 aromatic rings. The van der Waals surface area contributed by atoms with Gasteiger partial charge in [0, 0.05) is 15.9 Å². The maximum atomic E-state index is 11.8. The standard InChI is InChI=1S/C18H17BrCl2N2O2/c1-12(13-4-6-14(19)7-5-13)22-23-18(24)3-2-10-25-17-9-8-15(20)11-16(17)21/h4-9,11H,2-3,10H2,1H3,(H,23,24)/b22-12+. The van der Waals surface area contributed by atoms with Gasteiger partial charge in [-0.05, 0) is 49.2 Å². The largest absolute Gasteiger partial charge is 0.492 e. The van der Waals surface area contributed by atoms with Crippen LogP contribution in [0.15, 0.2) is 52.0 Å². The normalized spacial score (nSPS) is 11.3. The fourth-order valence-corrected chi connectivity index (χ4v) is 2.69. The van der Waals surface area contributed by atoms with Crippen LogP contribution in [0.4, 0.5) is 0 Å². The van der Waals surface area contributed by atoms with Gasteiger partial charge in [0.15, 0.2) is 0 Å². The highest BCUT2D eigenvalue weighted by molar-refractivity contribution is 9.10. The quantitative estimate of drug-likeness (QED) is 0.351. The summed E-state index contributed by atoms with van der Waals surface area (Å²) in [6.07, 6.45) is 0.861. The van der Waals surface area contributed by atoms with Crippen LogP contribution in [0.25, 0.3) is 0 Å². The van der Waals surface area contributed by atoms with Crippen LogP contribution in [0.3, 0.4) is 0 Å². The summed E-state index contributed by atoms with van der Waals surface area (Å²) in [5.74, 6) is 0.387. The highest BCUT2D eigenvalue weighted by Crippen LogP contribution is 2.27. The molecule has 0 spiro atoms. The van der Waals surface area contributed by atoms with Crippen molar-refractivity contribution >= 4 is 50.8 Å². The van der Waals surface area contributed by atoms with Crippen molar-refractivity contribution in [3.8, 4) is 5.75 Å². The number of ether oxygens (including phenoxy) is 1. The molecule has 0 heterocycles. The third-order valence-electron chi connectivity index (χ3n) is 3.31. The fourth-order valence-electron chi connectivity index (χ4n) is 1.96. The van der Waals surface area contributed by atoms with Crippen molar-refractivity contribution in [2.75, 3.05) is 6.61 Å². The monoisotopic (exact) mass is 442 g/mol.